The van der Waals surface area contributed by atoms with Gasteiger partial charge in [0.15, 0.2) is 0 Å². The summed E-state index contributed by atoms with van der Waals surface area (Å²) in [5, 5.41) is 0. The van der Waals surface area contributed by atoms with E-state index >= 15 is 0 Å². The van der Waals surface area contributed by atoms with Gasteiger partial charge in [0.05, 0.1) is 0 Å². The lowest BCUT2D eigenvalue weighted by Crippen LogP contribution is -2.63. The second-order valence-electron chi connectivity index (χ2n) is 8.84. The van der Waals surface area contributed by atoms with Crippen molar-refractivity contribution in [1.82, 2.24) is 14.7 Å². The molecule has 3 saturated heterocycles. The Morgan fingerprint density at radius 2 is 1.74 bits per heavy atom. The van der Waals surface area contributed by atoms with Crippen molar-refractivity contribution in [2.45, 2.75) is 70.5 Å². The Kier molecular flexibility index (Phi) is 6.14. The number of hydrogen-bond acceptors (Lipinski definition) is 3. The highest BCUT2D eigenvalue weighted by Crippen LogP contribution is 2.25. The lowest BCUT2D eigenvalue weighted by molar-refractivity contribution is 0.00212. The zero-order valence-corrected chi connectivity index (χ0v) is 16.9. The number of nitrogens with zero attached hydrogens (tertiary/aromatic N) is 3. The molecule has 1 aromatic carbocycles. The molecular formula is C23H35N3O. The van der Waals surface area contributed by atoms with E-state index in [2.05, 4.69) is 34.9 Å². The summed E-state index contributed by atoms with van der Waals surface area (Å²) in [4.78, 5) is 20.1. The minimum absolute atomic E-state index is 0.216. The molecule has 1 amide bonds. The first kappa shape index (κ1) is 18.9. The van der Waals surface area contributed by atoms with Crippen LogP contribution in [-0.2, 0) is 6.54 Å². The second kappa shape index (κ2) is 8.74. The molecule has 148 valence electrons. The van der Waals surface area contributed by atoms with Crippen LogP contribution in [0.4, 0.5) is 0 Å². The van der Waals surface area contributed by atoms with E-state index in [1.54, 1.807) is 0 Å². The van der Waals surface area contributed by atoms with Gasteiger partial charge >= 0.3 is 0 Å². The fourth-order valence-electron chi connectivity index (χ4n) is 5.03. The molecule has 4 heteroatoms. The average Bonchev–Trinajstić information content (AvgIpc) is 2.91. The quantitative estimate of drug-likeness (QED) is 0.808. The van der Waals surface area contributed by atoms with Crippen LogP contribution in [0.3, 0.4) is 0 Å². The minimum Gasteiger partial charge on any atom is -0.335 e. The van der Waals surface area contributed by atoms with Gasteiger partial charge < -0.3 is 4.90 Å². The van der Waals surface area contributed by atoms with Crippen molar-refractivity contribution >= 4 is 5.91 Å². The normalized spacial score (nSPS) is 25.8. The second-order valence-corrected chi connectivity index (χ2v) is 8.84. The molecule has 3 heterocycles. The number of likely N-dealkylation sites (tertiary alicyclic amines) is 3. The average molecular weight is 370 g/mol. The Balaban J connectivity index is 1.33. The maximum atomic E-state index is 12.9. The molecule has 4 rings (SSSR count). The maximum absolute atomic E-state index is 12.9. The molecule has 27 heavy (non-hydrogen) atoms. The highest BCUT2D eigenvalue weighted by Gasteiger charge is 2.37. The van der Waals surface area contributed by atoms with Crippen LogP contribution in [0.1, 0.15) is 67.8 Å². The van der Waals surface area contributed by atoms with Crippen LogP contribution in [0.15, 0.2) is 24.3 Å². The summed E-state index contributed by atoms with van der Waals surface area (Å²) in [7, 11) is 0. The van der Waals surface area contributed by atoms with Crippen molar-refractivity contribution in [2.24, 2.45) is 0 Å². The van der Waals surface area contributed by atoms with Crippen molar-refractivity contribution in [1.29, 1.82) is 0 Å². The molecule has 1 aromatic rings. The summed E-state index contributed by atoms with van der Waals surface area (Å²) >= 11 is 0. The standard InChI is InChI=1S/C23H35N3O/c1-19-9-4-7-14-26(19)22-17-25(18-22)23(27)21-11-8-10-20(15-21)16-24-12-5-2-3-6-13-24/h8,10-11,15,19,22H,2-7,9,12-14,16-18H2,1H3/t19-/m1/s1. The molecule has 0 unspecified atom stereocenters. The minimum atomic E-state index is 0.216. The van der Waals surface area contributed by atoms with Gasteiger partial charge in [-0.1, -0.05) is 31.4 Å². The summed E-state index contributed by atoms with van der Waals surface area (Å²) in [6, 6.07) is 9.61. The van der Waals surface area contributed by atoms with E-state index in [4.69, 9.17) is 0 Å². The van der Waals surface area contributed by atoms with Gasteiger partial charge in [0.2, 0.25) is 0 Å². The van der Waals surface area contributed by atoms with Crippen molar-refractivity contribution in [2.75, 3.05) is 32.7 Å². The molecule has 3 aliphatic rings. The number of amides is 1. The molecule has 0 saturated carbocycles. The zero-order chi connectivity index (χ0) is 18.6. The fraction of sp³-hybridized carbons (Fsp3) is 0.696. The Hall–Kier alpha value is -1.39. The zero-order valence-electron chi connectivity index (χ0n) is 16.9. The van der Waals surface area contributed by atoms with Crippen LogP contribution < -0.4 is 0 Å². The van der Waals surface area contributed by atoms with E-state index < -0.39 is 0 Å². The predicted molar refractivity (Wildman–Crippen MR) is 110 cm³/mol. The van der Waals surface area contributed by atoms with E-state index in [0.29, 0.717) is 12.1 Å². The molecule has 0 N–H and O–H groups in total. The maximum Gasteiger partial charge on any atom is 0.253 e. The number of rotatable bonds is 4. The molecule has 0 radical (unpaired) electrons. The third-order valence-corrected chi connectivity index (χ3v) is 6.75. The van der Waals surface area contributed by atoms with Gasteiger partial charge in [-0.05, 0) is 69.9 Å². The van der Waals surface area contributed by atoms with E-state index in [-0.39, 0.29) is 5.91 Å². The molecule has 0 aliphatic carbocycles. The largest absolute Gasteiger partial charge is 0.335 e. The van der Waals surface area contributed by atoms with Crippen molar-refractivity contribution < 1.29 is 4.79 Å². The number of carbonyl (C=O) groups excluding carboxylic acids is 1. The summed E-state index contributed by atoms with van der Waals surface area (Å²) in [5.74, 6) is 0.216. The first-order valence-electron chi connectivity index (χ1n) is 11.1. The fourth-order valence-corrected chi connectivity index (χ4v) is 5.03. The molecular weight excluding hydrogens is 334 g/mol. The van der Waals surface area contributed by atoms with E-state index in [1.807, 2.05) is 11.0 Å². The lowest BCUT2D eigenvalue weighted by atomic mass is 9.97. The number of benzene rings is 1. The number of piperidine rings is 1. The Morgan fingerprint density at radius 1 is 1.00 bits per heavy atom. The number of hydrogen-bond donors (Lipinski definition) is 0. The molecule has 0 aromatic heterocycles. The highest BCUT2D eigenvalue weighted by molar-refractivity contribution is 5.95. The van der Waals surface area contributed by atoms with Gasteiger partial charge in [-0.25, -0.2) is 0 Å². The molecule has 4 nitrogen and oxygen atoms in total. The van der Waals surface area contributed by atoms with Gasteiger partial charge in [0, 0.05) is 37.3 Å². The summed E-state index contributed by atoms with van der Waals surface area (Å²) < 4.78 is 0. The van der Waals surface area contributed by atoms with Gasteiger partial charge in [-0.3, -0.25) is 14.6 Å². The predicted octanol–water partition coefficient (Wildman–Crippen LogP) is 3.76. The third-order valence-electron chi connectivity index (χ3n) is 6.75. The Morgan fingerprint density at radius 3 is 2.48 bits per heavy atom. The Labute approximate surface area is 164 Å². The van der Waals surface area contributed by atoms with E-state index in [1.165, 1.54) is 70.1 Å². The van der Waals surface area contributed by atoms with Crippen LogP contribution in [0.5, 0.6) is 0 Å². The van der Waals surface area contributed by atoms with Crippen LogP contribution in [0, 0.1) is 0 Å². The van der Waals surface area contributed by atoms with Crippen LogP contribution >= 0.6 is 0 Å². The van der Waals surface area contributed by atoms with Crippen molar-refractivity contribution in [3.63, 3.8) is 0 Å². The van der Waals surface area contributed by atoms with Crippen molar-refractivity contribution in [3.8, 4) is 0 Å². The van der Waals surface area contributed by atoms with Crippen molar-refractivity contribution in [3.05, 3.63) is 35.4 Å². The molecule has 0 bridgehead atoms. The lowest BCUT2D eigenvalue weighted by Gasteiger charge is -2.49. The van der Waals surface area contributed by atoms with Gasteiger partial charge in [-0.2, -0.15) is 0 Å². The SMILES string of the molecule is C[C@@H]1CCCCN1C1CN(C(=O)c2cccc(CN3CCCCCC3)c2)C1. The summed E-state index contributed by atoms with van der Waals surface area (Å²) in [5.41, 5.74) is 2.15. The topological polar surface area (TPSA) is 26.8 Å². The van der Waals surface area contributed by atoms with Gasteiger partial charge in [0.1, 0.15) is 0 Å². The first-order valence-corrected chi connectivity index (χ1v) is 11.1. The Bertz CT molecular complexity index is 632. The van der Waals surface area contributed by atoms with E-state index in [9.17, 15) is 4.79 Å². The monoisotopic (exact) mass is 369 g/mol. The molecule has 3 fully saturated rings. The summed E-state index contributed by atoms with van der Waals surface area (Å²) in [6.07, 6.45) is 9.32. The van der Waals surface area contributed by atoms with E-state index in [0.717, 1.165) is 25.2 Å². The molecule has 0 spiro atoms. The number of carbonyl (C=O) groups is 1. The van der Waals surface area contributed by atoms with Crippen LogP contribution in [0.25, 0.3) is 0 Å². The van der Waals surface area contributed by atoms with Gasteiger partial charge in [0.25, 0.3) is 5.91 Å². The molecule has 3 aliphatic heterocycles. The van der Waals surface area contributed by atoms with Crippen LogP contribution in [-0.4, -0.2) is 65.4 Å². The smallest absolute Gasteiger partial charge is 0.253 e. The van der Waals surface area contributed by atoms with Crippen LogP contribution in [0.2, 0.25) is 0 Å². The highest BCUT2D eigenvalue weighted by atomic mass is 16.2. The molecule has 1 atom stereocenters. The van der Waals surface area contributed by atoms with Gasteiger partial charge in [-0.15, -0.1) is 0 Å². The summed E-state index contributed by atoms with van der Waals surface area (Å²) in [6.45, 7) is 8.73. The third kappa shape index (κ3) is 4.55. The first-order chi connectivity index (χ1) is 13.2.